The number of nitrogens with one attached hydrogen (secondary N) is 1. The van der Waals surface area contributed by atoms with Gasteiger partial charge >= 0.3 is 0 Å². The molecular formula is C14H20N2OS. The molecule has 4 heteroatoms. The molecule has 1 aromatic carbocycles. The van der Waals surface area contributed by atoms with Crippen LogP contribution in [0.3, 0.4) is 0 Å². The van der Waals surface area contributed by atoms with Crippen molar-refractivity contribution in [3.63, 3.8) is 0 Å². The minimum Gasteiger partial charge on any atom is -0.328 e. The predicted molar refractivity (Wildman–Crippen MR) is 76.8 cm³/mol. The van der Waals surface area contributed by atoms with E-state index in [0.29, 0.717) is 0 Å². The smallest absolute Gasteiger partial charge is 0.227 e. The highest BCUT2D eigenvalue weighted by atomic mass is 32.2. The van der Waals surface area contributed by atoms with Gasteiger partial charge in [-0.2, -0.15) is 0 Å². The third kappa shape index (κ3) is 3.50. The van der Waals surface area contributed by atoms with Crippen LogP contribution in [0.1, 0.15) is 26.2 Å². The zero-order valence-corrected chi connectivity index (χ0v) is 11.5. The third-order valence-corrected chi connectivity index (χ3v) is 4.13. The number of benzene rings is 1. The Morgan fingerprint density at radius 3 is 3.00 bits per heavy atom. The van der Waals surface area contributed by atoms with E-state index in [4.69, 9.17) is 5.73 Å². The fourth-order valence-electron chi connectivity index (χ4n) is 2.33. The summed E-state index contributed by atoms with van der Waals surface area (Å²) in [4.78, 5) is 13.2. The Hall–Kier alpha value is -1.00. The van der Waals surface area contributed by atoms with Crippen LogP contribution in [-0.4, -0.2) is 17.7 Å². The summed E-state index contributed by atoms with van der Waals surface area (Å²) in [5, 5.41) is 3.00. The average Bonchev–Trinajstić information content (AvgIpc) is 2.77. The summed E-state index contributed by atoms with van der Waals surface area (Å²) in [6, 6.07) is 8.21. The van der Waals surface area contributed by atoms with E-state index < -0.39 is 0 Å². The van der Waals surface area contributed by atoms with E-state index in [9.17, 15) is 4.79 Å². The molecule has 1 aliphatic rings. The summed E-state index contributed by atoms with van der Waals surface area (Å²) < 4.78 is 0. The molecule has 0 aromatic heterocycles. The molecule has 0 saturated heterocycles. The second kappa shape index (κ2) is 6.25. The van der Waals surface area contributed by atoms with E-state index in [1.807, 2.05) is 18.2 Å². The van der Waals surface area contributed by atoms with Gasteiger partial charge in [-0.15, -0.1) is 11.8 Å². The first-order valence-electron chi connectivity index (χ1n) is 6.48. The molecule has 1 aromatic rings. The van der Waals surface area contributed by atoms with Crippen molar-refractivity contribution in [3.8, 4) is 0 Å². The molecule has 0 aliphatic heterocycles. The van der Waals surface area contributed by atoms with E-state index in [1.54, 1.807) is 11.8 Å². The number of carbonyl (C=O) groups excluding carboxylic acids is 1. The molecular weight excluding hydrogens is 244 g/mol. The zero-order valence-electron chi connectivity index (χ0n) is 10.7. The molecule has 2 atom stereocenters. The van der Waals surface area contributed by atoms with Crippen molar-refractivity contribution in [1.82, 2.24) is 0 Å². The summed E-state index contributed by atoms with van der Waals surface area (Å²) in [5.41, 5.74) is 6.72. The molecule has 1 fully saturated rings. The van der Waals surface area contributed by atoms with Crippen molar-refractivity contribution < 1.29 is 4.79 Å². The van der Waals surface area contributed by atoms with Gasteiger partial charge in [-0.25, -0.2) is 0 Å². The zero-order chi connectivity index (χ0) is 13.0. The molecule has 3 N–H and O–H groups in total. The largest absolute Gasteiger partial charge is 0.328 e. The molecule has 2 unspecified atom stereocenters. The number of hydrogen-bond acceptors (Lipinski definition) is 3. The maximum absolute atomic E-state index is 12.1. The summed E-state index contributed by atoms with van der Waals surface area (Å²) in [6.45, 7) is 2.12. The average molecular weight is 264 g/mol. The van der Waals surface area contributed by atoms with Crippen LogP contribution in [0.2, 0.25) is 0 Å². The SMILES string of the molecule is CCSc1cccc(NC(=O)C2CCC(N)C2)c1. The highest BCUT2D eigenvalue weighted by Crippen LogP contribution is 2.26. The lowest BCUT2D eigenvalue weighted by Crippen LogP contribution is -2.23. The van der Waals surface area contributed by atoms with Crippen molar-refractivity contribution >= 4 is 23.4 Å². The first kappa shape index (κ1) is 13.4. The van der Waals surface area contributed by atoms with Crippen LogP contribution in [0.5, 0.6) is 0 Å². The molecule has 1 aliphatic carbocycles. The molecule has 1 amide bonds. The van der Waals surface area contributed by atoms with E-state index in [2.05, 4.69) is 18.3 Å². The minimum atomic E-state index is 0.0856. The van der Waals surface area contributed by atoms with E-state index >= 15 is 0 Å². The third-order valence-electron chi connectivity index (χ3n) is 3.26. The van der Waals surface area contributed by atoms with Crippen molar-refractivity contribution in [2.45, 2.75) is 37.1 Å². The molecule has 0 heterocycles. The fourth-order valence-corrected chi connectivity index (χ4v) is 3.05. The second-order valence-corrected chi connectivity index (χ2v) is 6.06. The number of nitrogens with two attached hydrogens (primary N) is 1. The van der Waals surface area contributed by atoms with Gasteiger partial charge in [0.2, 0.25) is 5.91 Å². The number of carbonyl (C=O) groups is 1. The van der Waals surface area contributed by atoms with Gasteiger partial charge in [-0.1, -0.05) is 13.0 Å². The molecule has 0 radical (unpaired) electrons. The quantitative estimate of drug-likeness (QED) is 0.822. The van der Waals surface area contributed by atoms with Crippen molar-refractivity contribution in [3.05, 3.63) is 24.3 Å². The van der Waals surface area contributed by atoms with Crippen LogP contribution in [0.25, 0.3) is 0 Å². The lowest BCUT2D eigenvalue weighted by atomic mass is 10.1. The highest BCUT2D eigenvalue weighted by Gasteiger charge is 2.27. The number of anilines is 1. The van der Waals surface area contributed by atoms with Crippen molar-refractivity contribution in [1.29, 1.82) is 0 Å². The van der Waals surface area contributed by atoms with Crippen molar-refractivity contribution in [2.75, 3.05) is 11.1 Å². The molecule has 98 valence electrons. The van der Waals surface area contributed by atoms with Crippen LogP contribution in [0.15, 0.2) is 29.2 Å². The van der Waals surface area contributed by atoms with E-state index in [0.717, 1.165) is 30.7 Å². The molecule has 2 rings (SSSR count). The standard InChI is InChI=1S/C14H20N2OS/c1-2-18-13-5-3-4-12(9-13)16-14(17)10-6-7-11(15)8-10/h3-5,9-11H,2,6-8,15H2,1H3,(H,16,17). The lowest BCUT2D eigenvalue weighted by molar-refractivity contribution is -0.119. The summed E-state index contributed by atoms with van der Waals surface area (Å²) in [6.07, 6.45) is 2.69. The Balaban J connectivity index is 1.96. The Bertz CT molecular complexity index is 422. The van der Waals surface area contributed by atoms with Gasteiger partial charge in [0, 0.05) is 22.5 Å². The highest BCUT2D eigenvalue weighted by molar-refractivity contribution is 7.99. The van der Waals surface area contributed by atoms with Crippen LogP contribution in [-0.2, 0) is 4.79 Å². The molecule has 1 saturated carbocycles. The Labute approximate surface area is 113 Å². The van der Waals surface area contributed by atoms with E-state index in [-0.39, 0.29) is 17.9 Å². The van der Waals surface area contributed by atoms with Crippen LogP contribution in [0.4, 0.5) is 5.69 Å². The summed E-state index contributed by atoms with van der Waals surface area (Å²) in [5.74, 6) is 1.23. The summed E-state index contributed by atoms with van der Waals surface area (Å²) >= 11 is 1.78. The van der Waals surface area contributed by atoms with Gasteiger partial charge < -0.3 is 11.1 Å². The van der Waals surface area contributed by atoms with Gasteiger partial charge in [-0.05, 0) is 43.2 Å². The number of hydrogen-bond donors (Lipinski definition) is 2. The number of rotatable bonds is 4. The molecule has 0 spiro atoms. The van der Waals surface area contributed by atoms with Gasteiger partial charge in [0.05, 0.1) is 0 Å². The predicted octanol–water partition coefficient (Wildman–Crippen LogP) is 2.86. The lowest BCUT2D eigenvalue weighted by Gasteiger charge is -2.11. The Morgan fingerprint density at radius 2 is 2.33 bits per heavy atom. The first-order chi connectivity index (χ1) is 8.69. The maximum atomic E-state index is 12.1. The molecule has 0 bridgehead atoms. The van der Waals surface area contributed by atoms with E-state index in [1.165, 1.54) is 4.90 Å². The second-order valence-electron chi connectivity index (χ2n) is 4.72. The van der Waals surface area contributed by atoms with Crippen molar-refractivity contribution in [2.24, 2.45) is 11.7 Å². The molecule has 3 nitrogen and oxygen atoms in total. The van der Waals surface area contributed by atoms with Gasteiger partial charge in [0.25, 0.3) is 0 Å². The minimum absolute atomic E-state index is 0.0856. The molecule has 18 heavy (non-hydrogen) atoms. The topological polar surface area (TPSA) is 55.1 Å². The van der Waals surface area contributed by atoms with Crippen LogP contribution < -0.4 is 11.1 Å². The first-order valence-corrected chi connectivity index (χ1v) is 7.47. The Kier molecular flexibility index (Phi) is 4.66. The van der Waals surface area contributed by atoms with Gasteiger partial charge in [-0.3, -0.25) is 4.79 Å². The Morgan fingerprint density at radius 1 is 1.50 bits per heavy atom. The normalized spacial score (nSPS) is 23.0. The van der Waals surface area contributed by atoms with Crippen LogP contribution in [0, 0.1) is 5.92 Å². The number of amides is 1. The monoisotopic (exact) mass is 264 g/mol. The van der Waals surface area contributed by atoms with Gasteiger partial charge in [0.15, 0.2) is 0 Å². The fraction of sp³-hybridized carbons (Fsp3) is 0.500. The number of thioether (sulfide) groups is 1. The van der Waals surface area contributed by atoms with Crippen LogP contribution >= 0.6 is 11.8 Å². The van der Waals surface area contributed by atoms with Gasteiger partial charge in [0.1, 0.15) is 0 Å². The maximum Gasteiger partial charge on any atom is 0.227 e. The summed E-state index contributed by atoms with van der Waals surface area (Å²) in [7, 11) is 0.